The van der Waals surface area contributed by atoms with Crippen molar-refractivity contribution >= 4 is 23.2 Å². The lowest BCUT2D eigenvalue weighted by Gasteiger charge is -2.39. The number of amides is 2. The van der Waals surface area contributed by atoms with Crippen molar-refractivity contribution in [1.29, 1.82) is 0 Å². The minimum absolute atomic E-state index is 0.0390. The van der Waals surface area contributed by atoms with Crippen molar-refractivity contribution in [3.8, 4) is 0 Å². The molecule has 148 valence electrons. The zero-order valence-corrected chi connectivity index (χ0v) is 17.4. The fourth-order valence-electron chi connectivity index (χ4n) is 4.08. The largest absolute Gasteiger partial charge is 0.355 e. The van der Waals surface area contributed by atoms with E-state index in [1.54, 1.807) is 23.3 Å². The molecule has 0 radical (unpaired) electrons. The molecule has 0 saturated carbocycles. The molecule has 2 heterocycles. The van der Waals surface area contributed by atoms with Crippen LogP contribution < -0.4 is 5.32 Å². The first-order chi connectivity index (χ1) is 14.1. The molecule has 0 unspecified atom stereocenters. The number of carbonyl (C=O) groups is 2. The molecule has 2 atom stereocenters. The van der Waals surface area contributed by atoms with Crippen molar-refractivity contribution in [2.45, 2.75) is 25.3 Å². The maximum absolute atomic E-state index is 13.3. The average molecular weight is 405 g/mol. The van der Waals surface area contributed by atoms with Gasteiger partial charge in [0.15, 0.2) is 0 Å². The summed E-state index contributed by atoms with van der Waals surface area (Å²) in [5.41, 5.74) is 3.84. The monoisotopic (exact) mass is 404 g/mol. The first-order valence-corrected chi connectivity index (χ1v) is 10.7. The Morgan fingerprint density at radius 2 is 1.93 bits per heavy atom. The molecule has 2 aromatic carbocycles. The number of carbonyl (C=O) groups excluding carboxylic acids is 2. The molecular weight excluding hydrogens is 380 g/mol. The molecule has 1 aliphatic heterocycles. The summed E-state index contributed by atoms with van der Waals surface area (Å²) in [6.45, 7) is 2.63. The first kappa shape index (κ1) is 19.4. The van der Waals surface area contributed by atoms with E-state index in [0.29, 0.717) is 12.1 Å². The number of likely N-dealkylation sites (N-methyl/N-ethyl adjacent to an activating group) is 1. The molecule has 1 aliphatic rings. The molecule has 0 aliphatic carbocycles. The lowest BCUT2D eigenvalue weighted by Crippen LogP contribution is -2.45. The second-order valence-corrected chi connectivity index (χ2v) is 8.45. The van der Waals surface area contributed by atoms with Crippen molar-refractivity contribution in [3.05, 3.63) is 93.2 Å². The van der Waals surface area contributed by atoms with Crippen molar-refractivity contribution in [1.82, 2.24) is 10.2 Å². The van der Waals surface area contributed by atoms with Gasteiger partial charge in [-0.1, -0.05) is 54.1 Å². The normalized spacial score (nSPS) is 18.4. The van der Waals surface area contributed by atoms with E-state index < -0.39 is 5.92 Å². The Bertz CT molecular complexity index is 1030. The van der Waals surface area contributed by atoms with Gasteiger partial charge in [-0.25, -0.2) is 0 Å². The molecule has 29 heavy (non-hydrogen) atoms. The Labute approximate surface area is 175 Å². The van der Waals surface area contributed by atoms with Crippen LogP contribution in [-0.2, 0) is 11.2 Å². The van der Waals surface area contributed by atoms with Crippen molar-refractivity contribution in [2.75, 3.05) is 13.6 Å². The van der Waals surface area contributed by atoms with E-state index in [1.807, 2.05) is 47.8 Å². The second kappa shape index (κ2) is 8.21. The molecule has 3 aromatic rings. The first-order valence-electron chi connectivity index (χ1n) is 9.79. The van der Waals surface area contributed by atoms with E-state index in [2.05, 4.69) is 30.4 Å². The highest BCUT2D eigenvalue weighted by molar-refractivity contribution is 7.10. The van der Waals surface area contributed by atoms with Crippen LogP contribution in [0.25, 0.3) is 0 Å². The van der Waals surface area contributed by atoms with E-state index in [1.165, 1.54) is 11.1 Å². The zero-order chi connectivity index (χ0) is 20.4. The van der Waals surface area contributed by atoms with Crippen LogP contribution in [0.4, 0.5) is 0 Å². The number of fused-ring (bicyclic) bond motifs is 1. The molecule has 5 heteroatoms. The molecule has 1 aromatic heterocycles. The molecule has 4 nitrogen and oxygen atoms in total. The summed E-state index contributed by atoms with van der Waals surface area (Å²) in [5.74, 6) is -0.504. The van der Waals surface area contributed by atoms with Gasteiger partial charge >= 0.3 is 0 Å². The van der Waals surface area contributed by atoms with Crippen LogP contribution in [0.5, 0.6) is 0 Å². The van der Waals surface area contributed by atoms with Crippen molar-refractivity contribution in [3.63, 3.8) is 0 Å². The van der Waals surface area contributed by atoms with E-state index in [0.717, 1.165) is 16.9 Å². The van der Waals surface area contributed by atoms with Gasteiger partial charge in [0, 0.05) is 24.0 Å². The smallest absolute Gasteiger partial charge is 0.254 e. The molecule has 4 rings (SSSR count). The number of aryl methyl sites for hydroxylation is 1. The summed E-state index contributed by atoms with van der Waals surface area (Å²) in [4.78, 5) is 29.0. The van der Waals surface area contributed by atoms with E-state index in [4.69, 9.17) is 0 Å². The average Bonchev–Trinajstić information content (AvgIpc) is 3.25. The highest BCUT2D eigenvalue weighted by atomic mass is 32.1. The van der Waals surface area contributed by atoms with Gasteiger partial charge in [-0.2, -0.15) is 0 Å². The van der Waals surface area contributed by atoms with E-state index in [9.17, 15) is 9.59 Å². The number of hydrogen-bond donors (Lipinski definition) is 1. The fourth-order valence-corrected chi connectivity index (χ4v) is 4.98. The van der Waals surface area contributed by atoms with Crippen LogP contribution in [0.3, 0.4) is 0 Å². The number of nitrogens with one attached hydrogen (secondary N) is 1. The summed E-state index contributed by atoms with van der Waals surface area (Å²) < 4.78 is 0. The highest BCUT2D eigenvalue weighted by Gasteiger charge is 2.42. The van der Waals surface area contributed by atoms with Crippen LogP contribution in [0.15, 0.2) is 66.0 Å². The summed E-state index contributed by atoms with van der Waals surface area (Å²) in [5, 5.41) is 5.10. The number of nitrogens with zero attached hydrogens (tertiary/aromatic N) is 1. The van der Waals surface area contributed by atoms with Gasteiger partial charge in [-0.15, -0.1) is 11.3 Å². The number of hydrogen-bond acceptors (Lipinski definition) is 3. The molecular formula is C24H24N2O2S. The molecule has 0 saturated heterocycles. The molecule has 0 spiro atoms. The third kappa shape index (κ3) is 3.83. The minimum Gasteiger partial charge on any atom is -0.355 e. The lowest BCUT2D eigenvalue weighted by atomic mass is 9.81. The van der Waals surface area contributed by atoms with Crippen LogP contribution in [0.1, 0.15) is 43.9 Å². The third-order valence-corrected chi connectivity index (χ3v) is 6.44. The van der Waals surface area contributed by atoms with Crippen molar-refractivity contribution in [2.24, 2.45) is 0 Å². The lowest BCUT2D eigenvalue weighted by molar-refractivity contribution is -0.124. The second-order valence-electron chi connectivity index (χ2n) is 7.47. The Morgan fingerprint density at radius 1 is 1.10 bits per heavy atom. The summed E-state index contributed by atoms with van der Waals surface area (Å²) >= 11 is 1.58. The van der Waals surface area contributed by atoms with E-state index in [-0.39, 0.29) is 17.9 Å². The third-order valence-electron chi connectivity index (χ3n) is 5.49. The maximum atomic E-state index is 13.3. The summed E-state index contributed by atoms with van der Waals surface area (Å²) in [7, 11) is 1.79. The van der Waals surface area contributed by atoms with Gasteiger partial charge in [0.1, 0.15) is 0 Å². The quantitative estimate of drug-likeness (QED) is 0.688. The predicted molar refractivity (Wildman–Crippen MR) is 116 cm³/mol. The molecule has 1 N–H and O–H groups in total. The highest BCUT2D eigenvalue weighted by Crippen LogP contribution is 2.43. The summed E-state index contributed by atoms with van der Waals surface area (Å²) in [6.07, 6.45) is 0.778. The Hall–Kier alpha value is -2.92. The van der Waals surface area contributed by atoms with Gasteiger partial charge in [-0.3, -0.25) is 9.59 Å². The zero-order valence-electron chi connectivity index (χ0n) is 16.6. The summed E-state index contributed by atoms with van der Waals surface area (Å²) in [6, 6.07) is 19.5. The van der Waals surface area contributed by atoms with Crippen LogP contribution in [-0.4, -0.2) is 30.3 Å². The Kier molecular flexibility index (Phi) is 5.49. The number of thiophene rings is 1. The predicted octanol–water partition coefficient (Wildman–Crippen LogP) is 4.33. The standard InChI is InChI=1S/C24H24N2O2S/c1-16-7-5-8-17(15-16)12-13-25-23(27)21-18-9-3-4-10-19(18)24(28)26(2)22(21)20-11-6-14-29-20/h3-11,14-15,21-22H,12-13H2,1-2H3,(H,25,27)/t21-,22-/m0/s1. The fraction of sp³-hybridized carbons (Fsp3) is 0.250. The Balaban J connectivity index is 1.60. The molecule has 0 bridgehead atoms. The van der Waals surface area contributed by atoms with Gasteiger partial charge < -0.3 is 10.2 Å². The topological polar surface area (TPSA) is 49.4 Å². The minimum atomic E-state index is -0.426. The van der Waals surface area contributed by atoms with Crippen LogP contribution >= 0.6 is 11.3 Å². The van der Waals surface area contributed by atoms with Crippen LogP contribution in [0.2, 0.25) is 0 Å². The Morgan fingerprint density at radius 3 is 2.69 bits per heavy atom. The number of benzene rings is 2. The maximum Gasteiger partial charge on any atom is 0.254 e. The van der Waals surface area contributed by atoms with Gasteiger partial charge in [0.2, 0.25) is 5.91 Å². The molecule has 2 amide bonds. The van der Waals surface area contributed by atoms with Gasteiger partial charge in [0.25, 0.3) is 5.91 Å². The SMILES string of the molecule is Cc1cccc(CCNC(=O)[C@H]2c3ccccc3C(=O)N(C)[C@H]2c2cccs2)c1. The van der Waals surface area contributed by atoms with E-state index >= 15 is 0 Å². The number of rotatable bonds is 5. The molecule has 0 fully saturated rings. The van der Waals surface area contributed by atoms with Gasteiger partial charge in [-0.05, 0) is 42.0 Å². The van der Waals surface area contributed by atoms with Gasteiger partial charge in [0.05, 0.1) is 12.0 Å². The van der Waals surface area contributed by atoms with Crippen LogP contribution in [0, 0.1) is 6.92 Å². The van der Waals surface area contributed by atoms with Crippen molar-refractivity contribution < 1.29 is 9.59 Å².